The molecular formula is C20H27N5O2. The normalized spacial score (nSPS) is 31.5. The van der Waals surface area contributed by atoms with Crippen LogP contribution in [0, 0.1) is 11.8 Å². The van der Waals surface area contributed by atoms with Crippen LogP contribution in [0.15, 0.2) is 24.4 Å². The van der Waals surface area contributed by atoms with Crippen LogP contribution in [0.25, 0.3) is 0 Å². The van der Waals surface area contributed by atoms with Crippen LogP contribution in [-0.4, -0.2) is 58.8 Å². The van der Waals surface area contributed by atoms with Crippen LogP contribution in [-0.2, 0) is 4.74 Å². The summed E-state index contributed by atoms with van der Waals surface area (Å²) in [6.07, 6.45) is 11.4. The molecule has 0 aromatic carbocycles. The zero-order valence-corrected chi connectivity index (χ0v) is 15.8. The maximum absolute atomic E-state index is 12.7. The van der Waals surface area contributed by atoms with Crippen molar-refractivity contribution in [1.82, 2.24) is 14.9 Å². The smallest absolute Gasteiger partial charge is 0.324 e. The minimum atomic E-state index is -0.107. The first kappa shape index (κ1) is 17.0. The van der Waals surface area contributed by atoms with E-state index in [1.807, 2.05) is 11.0 Å². The fourth-order valence-corrected chi connectivity index (χ4v) is 5.26. The zero-order valence-electron chi connectivity index (χ0n) is 15.8. The number of likely N-dealkylation sites (tertiary alicyclic amines) is 1. The van der Waals surface area contributed by atoms with E-state index in [1.54, 1.807) is 6.20 Å². The molecule has 1 aromatic heterocycles. The van der Waals surface area contributed by atoms with Gasteiger partial charge < -0.3 is 14.5 Å². The number of nitrogens with one attached hydrogen (secondary N) is 1. The number of hydrogen-bond donors (Lipinski definition) is 1. The van der Waals surface area contributed by atoms with E-state index in [0.29, 0.717) is 23.8 Å². The van der Waals surface area contributed by atoms with Crippen LogP contribution in [0.2, 0.25) is 0 Å². The monoisotopic (exact) mass is 369 g/mol. The standard InChI is InChI=1S/C20H27N5O2/c1-2-25(13-5-3-4-6-13)18-9-10-21-19(22-18)23-20(26)24-11-14-15(12-24)17-8-7-16(14)27-17/h7-10,13-17H,2-6,11-12H2,1H3,(H,21,22,23,26). The first-order chi connectivity index (χ1) is 13.2. The molecular weight excluding hydrogens is 342 g/mol. The highest BCUT2D eigenvalue weighted by Gasteiger charge is 2.51. The van der Waals surface area contributed by atoms with Crippen LogP contribution in [0.1, 0.15) is 32.6 Å². The number of hydrogen-bond acceptors (Lipinski definition) is 5. The molecule has 2 bridgehead atoms. The number of urea groups is 1. The van der Waals surface area contributed by atoms with E-state index >= 15 is 0 Å². The van der Waals surface area contributed by atoms with Gasteiger partial charge in [-0.1, -0.05) is 25.0 Å². The van der Waals surface area contributed by atoms with Crippen molar-refractivity contribution in [2.24, 2.45) is 11.8 Å². The Kier molecular flexibility index (Phi) is 4.27. The van der Waals surface area contributed by atoms with E-state index in [9.17, 15) is 4.79 Å². The number of anilines is 2. The third-order valence-corrected chi connectivity index (χ3v) is 6.61. The third-order valence-electron chi connectivity index (χ3n) is 6.61. The van der Waals surface area contributed by atoms with E-state index in [2.05, 4.69) is 39.3 Å². The van der Waals surface area contributed by atoms with E-state index in [0.717, 1.165) is 25.5 Å². The molecule has 1 aromatic rings. The van der Waals surface area contributed by atoms with Crippen molar-refractivity contribution in [1.29, 1.82) is 0 Å². The topological polar surface area (TPSA) is 70.6 Å². The fourth-order valence-electron chi connectivity index (χ4n) is 5.26. The molecule has 27 heavy (non-hydrogen) atoms. The second kappa shape index (κ2) is 6.78. The molecule has 0 spiro atoms. The van der Waals surface area contributed by atoms with Gasteiger partial charge >= 0.3 is 6.03 Å². The van der Waals surface area contributed by atoms with Gasteiger partial charge in [-0.2, -0.15) is 4.98 Å². The summed E-state index contributed by atoms with van der Waals surface area (Å²) in [5.74, 6) is 2.15. The number of fused-ring (bicyclic) bond motifs is 5. The summed E-state index contributed by atoms with van der Waals surface area (Å²) in [4.78, 5) is 25.9. The summed E-state index contributed by atoms with van der Waals surface area (Å²) in [7, 11) is 0. The molecule has 4 unspecified atom stereocenters. The molecule has 1 aliphatic carbocycles. The molecule has 1 N–H and O–H groups in total. The zero-order chi connectivity index (χ0) is 18.4. The van der Waals surface area contributed by atoms with E-state index in [4.69, 9.17) is 4.74 Å². The molecule has 4 heterocycles. The maximum Gasteiger partial charge on any atom is 0.324 e. The molecule has 7 heteroatoms. The van der Waals surface area contributed by atoms with Gasteiger partial charge in [0.05, 0.1) is 12.2 Å². The van der Waals surface area contributed by atoms with Crippen LogP contribution < -0.4 is 10.2 Å². The molecule has 144 valence electrons. The van der Waals surface area contributed by atoms with Crippen LogP contribution in [0.4, 0.5) is 16.6 Å². The number of nitrogens with zero attached hydrogens (tertiary/aromatic N) is 4. The molecule has 4 atom stereocenters. The van der Waals surface area contributed by atoms with Gasteiger partial charge in [-0.05, 0) is 25.8 Å². The van der Waals surface area contributed by atoms with Gasteiger partial charge in [-0.3, -0.25) is 5.32 Å². The summed E-state index contributed by atoms with van der Waals surface area (Å²) < 4.78 is 5.89. The van der Waals surface area contributed by atoms with Crippen molar-refractivity contribution in [2.75, 3.05) is 29.9 Å². The number of aromatic nitrogens is 2. The van der Waals surface area contributed by atoms with Crippen molar-refractivity contribution in [3.8, 4) is 0 Å². The molecule has 0 radical (unpaired) electrons. The number of amides is 2. The van der Waals surface area contributed by atoms with Crippen LogP contribution in [0.5, 0.6) is 0 Å². The van der Waals surface area contributed by atoms with Gasteiger partial charge in [-0.15, -0.1) is 0 Å². The highest BCUT2D eigenvalue weighted by molar-refractivity contribution is 5.87. The minimum Gasteiger partial charge on any atom is -0.366 e. The second-order valence-electron chi connectivity index (χ2n) is 8.08. The summed E-state index contributed by atoms with van der Waals surface area (Å²) in [5.41, 5.74) is 0. The molecule has 5 rings (SSSR count). The summed E-state index contributed by atoms with van der Waals surface area (Å²) in [6.45, 7) is 4.56. The van der Waals surface area contributed by atoms with Gasteiger partial charge in [0.2, 0.25) is 5.95 Å². The molecule has 4 aliphatic rings. The first-order valence-electron chi connectivity index (χ1n) is 10.2. The van der Waals surface area contributed by atoms with Gasteiger partial charge in [-0.25, -0.2) is 9.78 Å². The molecule has 3 fully saturated rings. The number of rotatable bonds is 4. The number of ether oxygens (including phenoxy) is 1. The lowest BCUT2D eigenvalue weighted by Gasteiger charge is -2.29. The maximum atomic E-state index is 12.7. The highest BCUT2D eigenvalue weighted by Crippen LogP contribution is 2.43. The van der Waals surface area contributed by atoms with Gasteiger partial charge in [0.15, 0.2) is 0 Å². The van der Waals surface area contributed by atoms with Crippen molar-refractivity contribution in [3.05, 3.63) is 24.4 Å². The van der Waals surface area contributed by atoms with Crippen molar-refractivity contribution in [3.63, 3.8) is 0 Å². The Morgan fingerprint density at radius 2 is 1.96 bits per heavy atom. The van der Waals surface area contributed by atoms with Crippen LogP contribution >= 0.6 is 0 Å². The minimum absolute atomic E-state index is 0.107. The lowest BCUT2D eigenvalue weighted by Crippen LogP contribution is -2.36. The van der Waals surface area contributed by atoms with Crippen LogP contribution in [0.3, 0.4) is 0 Å². The predicted octanol–water partition coefficient (Wildman–Crippen LogP) is 2.66. The molecule has 7 nitrogen and oxygen atoms in total. The molecule has 3 aliphatic heterocycles. The highest BCUT2D eigenvalue weighted by atomic mass is 16.5. The number of carbonyl (C=O) groups excluding carboxylic acids is 1. The molecule has 2 amide bonds. The first-order valence-corrected chi connectivity index (χ1v) is 10.2. The SMILES string of the molecule is CCN(c1ccnc(NC(=O)N2CC3C4C=CC(O4)C3C2)n1)C1CCCC1. The van der Waals surface area contributed by atoms with Gasteiger partial charge in [0.1, 0.15) is 5.82 Å². The van der Waals surface area contributed by atoms with Gasteiger partial charge in [0, 0.05) is 43.7 Å². The second-order valence-corrected chi connectivity index (χ2v) is 8.08. The Bertz CT molecular complexity index is 728. The van der Waals surface area contributed by atoms with Crippen molar-refractivity contribution in [2.45, 2.75) is 50.9 Å². The predicted molar refractivity (Wildman–Crippen MR) is 103 cm³/mol. The number of carbonyl (C=O) groups is 1. The summed E-state index contributed by atoms with van der Waals surface area (Å²) >= 11 is 0. The average Bonchev–Trinajstić information content (AvgIpc) is 3.44. The average molecular weight is 369 g/mol. The molecule has 2 saturated heterocycles. The Morgan fingerprint density at radius 3 is 2.63 bits per heavy atom. The van der Waals surface area contributed by atoms with Gasteiger partial charge in [0.25, 0.3) is 0 Å². The lowest BCUT2D eigenvalue weighted by atomic mass is 9.86. The van der Waals surface area contributed by atoms with E-state index in [1.165, 1.54) is 25.7 Å². The van der Waals surface area contributed by atoms with E-state index < -0.39 is 0 Å². The Balaban J connectivity index is 1.25. The quantitative estimate of drug-likeness (QED) is 0.826. The van der Waals surface area contributed by atoms with E-state index in [-0.39, 0.29) is 18.2 Å². The molecule has 1 saturated carbocycles. The Morgan fingerprint density at radius 1 is 1.26 bits per heavy atom. The fraction of sp³-hybridized carbons (Fsp3) is 0.650. The largest absolute Gasteiger partial charge is 0.366 e. The summed E-state index contributed by atoms with van der Waals surface area (Å²) in [5, 5.41) is 2.91. The Labute approximate surface area is 159 Å². The van der Waals surface area contributed by atoms with Crippen molar-refractivity contribution < 1.29 is 9.53 Å². The lowest BCUT2D eigenvalue weighted by molar-refractivity contribution is 0.0892. The third kappa shape index (κ3) is 2.98. The van der Waals surface area contributed by atoms with Crippen molar-refractivity contribution >= 4 is 17.8 Å². The Hall–Kier alpha value is -2.15. The summed E-state index contributed by atoms with van der Waals surface area (Å²) in [6, 6.07) is 2.39.